The second-order valence-corrected chi connectivity index (χ2v) is 5.10. The molecule has 0 saturated carbocycles. The van der Waals surface area contributed by atoms with E-state index in [2.05, 4.69) is 4.98 Å². The highest BCUT2D eigenvalue weighted by atomic mass is 16.5. The molecular formula is C14H14N2O5. The molecule has 7 heteroatoms. The summed E-state index contributed by atoms with van der Waals surface area (Å²) >= 11 is 0. The Bertz CT molecular complexity index is 835. The Kier molecular flexibility index (Phi) is 3.13. The molecule has 2 atom stereocenters. The van der Waals surface area contributed by atoms with Crippen LogP contribution in [-0.4, -0.2) is 33.3 Å². The van der Waals surface area contributed by atoms with E-state index in [0.29, 0.717) is 24.1 Å². The average molecular weight is 290 g/mol. The molecule has 0 radical (unpaired) electrons. The van der Waals surface area contributed by atoms with Gasteiger partial charge in [0.25, 0.3) is 0 Å². The van der Waals surface area contributed by atoms with Gasteiger partial charge in [-0.1, -0.05) is 0 Å². The molecule has 1 aromatic heterocycles. The third kappa shape index (κ3) is 2.15. The van der Waals surface area contributed by atoms with E-state index in [-0.39, 0.29) is 17.7 Å². The maximum Gasteiger partial charge on any atom is 0.335 e. The number of ether oxygens (including phenoxy) is 1. The predicted molar refractivity (Wildman–Crippen MR) is 74.9 cm³/mol. The number of aromatic nitrogens is 2. The zero-order valence-electron chi connectivity index (χ0n) is 11.3. The molecule has 0 aliphatic carbocycles. The van der Waals surface area contributed by atoms with Crippen molar-refractivity contribution in [2.24, 2.45) is 0 Å². The Morgan fingerprint density at radius 2 is 2.19 bits per heavy atom. The van der Waals surface area contributed by atoms with Crippen molar-refractivity contribution < 1.29 is 14.6 Å². The summed E-state index contributed by atoms with van der Waals surface area (Å²) in [6.07, 6.45) is 0.401. The Morgan fingerprint density at radius 3 is 2.81 bits per heavy atom. The van der Waals surface area contributed by atoms with Crippen molar-refractivity contribution in [1.82, 2.24) is 9.55 Å². The monoisotopic (exact) mass is 290 g/mol. The van der Waals surface area contributed by atoms with E-state index < -0.39 is 17.1 Å². The van der Waals surface area contributed by atoms with E-state index in [0.717, 1.165) is 0 Å². The second-order valence-electron chi connectivity index (χ2n) is 5.10. The van der Waals surface area contributed by atoms with Gasteiger partial charge in [-0.25, -0.2) is 4.79 Å². The first kappa shape index (κ1) is 13.6. The Hall–Kier alpha value is -2.41. The number of hydrogen-bond acceptors (Lipinski definition) is 4. The van der Waals surface area contributed by atoms with Crippen LogP contribution in [0.1, 0.15) is 29.7 Å². The number of hydrogen-bond donors (Lipinski definition) is 2. The molecule has 0 bridgehead atoms. The van der Waals surface area contributed by atoms with Crippen LogP contribution in [0, 0.1) is 0 Å². The minimum atomic E-state index is -1.09. The number of aromatic carboxylic acids is 1. The summed E-state index contributed by atoms with van der Waals surface area (Å²) in [6, 6.07) is 4.02. The van der Waals surface area contributed by atoms with Gasteiger partial charge in [0.2, 0.25) is 0 Å². The van der Waals surface area contributed by atoms with Crippen LogP contribution in [0.25, 0.3) is 11.0 Å². The molecular weight excluding hydrogens is 276 g/mol. The van der Waals surface area contributed by atoms with Gasteiger partial charge in [0.05, 0.1) is 28.7 Å². The van der Waals surface area contributed by atoms with Gasteiger partial charge >= 0.3 is 17.1 Å². The molecule has 7 nitrogen and oxygen atoms in total. The summed E-state index contributed by atoms with van der Waals surface area (Å²) in [5, 5.41) is 9.09. The fourth-order valence-electron chi connectivity index (χ4n) is 2.75. The fourth-order valence-corrected chi connectivity index (χ4v) is 2.75. The topological polar surface area (TPSA) is 101 Å². The van der Waals surface area contributed by atoms with Crippen molar-refractivity contribution in [3.05, 3.63) is 44.5 Å². The lowest BCUT2D eigenvalue weighted by Crippen LogP contribution is -2.40. The first-order chi connectivity index (χ1) is 9.99. The van der Waals surface area contributed by atoms with Crippen LogP contribution < -0.4 is 11.1 Å². The first-order valence-electron chi connectivity index (χ1n) is 6.62. The van der Waals surface area contributed by atoms with Crippen molar-refractivity contribution in [1.29, 1.82) is 0 Å². The number of carboxylic acids is 1. The molecule has 0 spiro atoms. The van der Waals surface area contributed by atoms with Crippen LogP contribution >= 0.6 is 0 Å². The van der Waals surface area contributed by atoms with Crippen LogP contribution in [0.4, 0.5) is 0 Å². The lowest BCUT2D eigenvalue weighted by molar-refractivity contribution is 0.0697. The molecule has 1 fully saturated rings. The molecule has 21 heavy (non-hydrogen) atoms. The fraction of sp³-hybridized carbons (Fsp3) is 0.357. The number of aromatic amines is 1. The molecule has 2 aromatic rings. The van der Waals surface area contributed by atoms with Crippen molar-refractivity contribution in [2.75, 3.05) is 6.61 Å². The highest BCUT2D eigenvalue weighted by Crippen LogP contribution is 2.27. The molecule has 1 aromatic carbocycles. The van der Waals surface area contributed by atoms with Crippen LogP contribution in [0.3, 0.4) is 0 Å². The largest absolute Gasteiger partial charge is 0.478 e. The van der Waals surface area contributed by atoms with Crippen molar-refractivity contribution >= 4 is 17.0 Å². The minimum absolute atomic E-state index is 0.0641. The van der Waals surface area contributed by atoms with Gasteiger partial charge in [0.1, 0.15) is 0 Å². The second kappa shape index (κ2) is 4.85. The van der Waals surface area contributed by atoms with Gasteiger partial charge in [-0.2, -0.15) is 0 Å². The van der Waals surface area contributed by atoms with Gasteiger partial charge in [-0.3, -0.25) is 14.2 Å². The maximum atomic E-state index is 12.2. The number of benzene rings is 1. The van der Waals surface area contributed by atoms with Gasteiger partial charge in [0.15, 0.2) is 0 Å². The predicted octanol–water partition coefficient (Wildman–Crippen LogP) is 0.738. The van der Waals surface area contributed by atoms with Crippen LogP contribution in [0.5, 0.6) is 0 Å². The van der Waals surface area contributed by atoms with Crippen LogP contribution in [0.15, 0.2) is 27.8 Å². The van der Waals surface area contributed by atoms with Crippen molar-refractivity contribution in [3.63, 3.8) is 0 Å². The first-order valence-corrected chi connectivity index (χ1v) is 6.62. The van der Waals surface area contributed by atoms with Gasteiger partial charge in [0, 0.05) is 6.61 Å². The lowest BCUT2D eigenvalue weighted by atomic mass is 10.1. The molecule has 0 amide bonds. The van der Waals surface area contributed by atoms with E-state index >= 15 is 0 Å². The number of H-pyrrole nitrogens is 1. The molecule has 1 saturated heterocycles. The SMILES string of the molecule is CC1OCCC1n1c(=O)c(=O)[nH]c2ccc(C(=O)O)cc21. The standard InChI is InChI=1S/C14H14N2O5/c1-7-10(4-5-21-7)16-11-6-8(14(19)20)2-3-9(11)15-12(17)13(16)18/h2-3,6-7,10H,4-5H2,1H3,(H,15,17)(H,19,20). The van der Waals surface area contributed by atoms with Gasteiger partial charge < -0.3 is 14.8 Å². The number of nitrogens with one attached hydrogen (secondary N) is 1. The summed E-state index contributed by atoms with van der Waals surface area (Å²) in [4.78, 5) is 37.6. The average Bonchev–Trinajstić information content (AvgIpc) is 2.86. The molecule has 2 heterocycles. The summed E-state index contributed by atoms with van der Waals surface area (Å²) in [6.45, 7) is 2.34. The van der Waals surface area contributed by atoms with Crippen molar-refractivity contribution in [2.45, 2.75) is 25.5 Å². The van der Waals surface area contributed by atoms with E-state index in [9.17, 15) is 14.4 Å². The zero-order valence-corrected chi connectivity index (χ0v) is 11.3. The molecule has 3 rings (SSSR count). The van der Waals surface area contributed by atoms with E-state index in [1.807, 2.05) is 6.92 Å². The highest BCUT2D eigenvalue weighted by Gasteiger charge is 2.28. The zero-order chi connectivity index (χ0) is 15.1. The highest BCUT2D eigenvalue weighted by molar-refractivity contribution is 5.92. The molecule has 1 aliphatic rings. The summed E-state index contributed by atoms with van der Waals surface area (Å²) in [5.41, 5.74) is -0.503. The third-order valence-corrected chi connectivity index (χ3v) is 3.83. The molecule has 2 N–H and O–H groups in total. The molecule has 110 valence electrons. The van der Waals surface area contributed by atoms with Crippen LogP contribution in [0.2, 0.25) is 0 Å². The quantitative estimate of drug-likeness (QED) is 0.794. The summed E-state index contributed by atoms with van der Waals surface area (Å²) in [5.74, 6) is -1.09. The Morgan fingerprint density at radius 1 is 1.43 bits per heavy atom. The normalized spacial score (nSPS) is 21.8. The van der Waals surface area contributed by atoms with Gasteiger partial charge in [-0.15, -0.1) is 0 Å². The minimum Gasteiger partial charge on any atom is -0.478 e. The number of nitrogens with zero attached hydrogens (tertiary/aromatic N) is 1. The summed E-state index contributed by atoms with van der Waals surface area (Å²) < 4.78 is 6.81. The number of carboxylic acid groups (broad SMARTS) is 1. The smallest absolute Gasteiger partial charge is 0.335 e. The number of fused-ring (bicyclic) bond motifs is 1. The van der Waals surface area contributed by atoms with E-state index in [4.69, 9.17) is 9.84 Å². The number of rotatable bonds is 2. The molecule has 1 aliphatic heterocycles. The lowest BCUT2D eigenvalue weighted by Gasteiger charge is -2.19. The van der Waals surface area contributed by atoms with Gasteiger partial charge in [-0.05, 0) is 31.5 Å². The van der Waals surface area contributed by atoms with E-state index in [1.165, 1.54) is 22.8 Å². The maximum absolute atomic E-state index is 12.2. The third-order valence-electron chi connectivity index (χ3n) is 3.83. The van der Waals surface area contributed by atoms with Crippen molar-refractivity contribution in [3.8, 4) is 0 Å². The Labute approximate surface area is 118 Å². The summed E-state index contributed by atoms with van der Waals surface area (Å²) in [7, 11) is 0. The van der Waals surface area contributed by atoms with Crippen LogP contribution in [-0.2, 0) is 4.74 Å². The number of carbonyl (C=O) groups is 1. The Balaban J connectivity index is 2.36. The van der Waals surface area contributed by atoms with E-state index in [1.54, 1.807) is 0 Å². The molecule has 2 unspecified atom stereocenters.